The number of anilines is 1. The third-order valence-corrected chi connectivity index (χ3v) is 4.58. The second-order valence-electron chi connectivity index (χ2n) is 6.39. The van der Waals surface area contributed by atoms with Gasteiger partial charge in [0.25, 0.3) is 5.91 Å². The summed E-state index contributed by atoms with van der Waals surface area (Å²) in [7, 11) is 0. The van der Waals surface area contributed by atoms with Gasteiger partial charge in [0.15, 0.2) is 0 Å². The van der Waals surface area contributed by atoms with E-state index >= 15 is 0 Å². The van der Waals surface area contributed by atoms with Crippen molar-refractivity contribution in [1.82, 2.24) is 9.97 Å². The molecule has 5 heteroatoms. The first-order chi connectivity index (χ1) is 12.5. The van der Waals surface area contributed by atoms with Crippen LogP contribution in [-0.2, 0) is 6.42 Å². The van der Waals surface area contributed by atoms with Crippen molar-refractivity contribution in [2.75, 3.05) is 5.32 Å². The van der Waals surface area contributed by atoms with Gasteiger partial charge in [-0.25, -0.2) is 4.98 Å². The Morgan fingerprint density at radius 3 is 2.73 bits per heavy atom. The molecule has 0 unspecified atom stereocenters. The molecule has 0 bridgehead atoms. The first kappa shape index (κ1) is 18.3. The van der Waals surface area contributed by atoms with E-state index in [1.165, 1.54) is 0 Å². The SMILES string of the molecule is Cc1cncc(C(=O)Nc2cccc([C@H](C)Cc3cccc(Br)n3)c2)c1. The van der Waals surface area contributed by atoms with E-state index in [1.807, 2.05) is 49.4 Å². The molecule has 0 radical (unpaired) electrons. The maximum atomic E-state index is 12.4. The van der Waals surface area contributed by atoms with Gasteiger partial charge >= 0.3 is 0 Å². The van der Waals surface area contributed by atoms with Gasteiger partial charge in [-0.3, -0.25) is 9.78 Å². The zero-order valence-electron chi connectivity index (χ0n) is 14.7. The van der Waals surface area contributed by atoms with E-state index in [2.05, 4.69) is 44.2 Å². The van der Waals surface area contributed by atoms with E-state index in [9.17, 15) is 4.79 Å². The zero-order valence-corrected chi connectivity index (χ0v) is 16.3. The predicted molar refractivity (Wildman–Crippen MR) is 107 cm³/mol. The van der Waals surface area contributed by atoms with Crippen molar-refractivity contribution in [2.24, 2.45) is 0 Å². The van der Waals surface area contributed by atoms with Crippen LogP contribution in [0, 0.1) is 6.92 Å². The molecule has 3 rings (SSSR count). The molecule has 0 saturated carbocycles. The minimum absolute atomic E-state index is 0.153. The van der Waals surface area contributed by atoms with Crippen molar-refractivity contribution < 1.29 is 4.79 Å². The molecule has 2 heterocycles. The number of aryl methyl sites for hydroxylation is 1. The van der Waals surface area contributed by atoms with Gasteiger partial charge in [-0.05, 0) is 76.7 Å². The monoisotopic (exact) mass is 409 g/mol. The molecular weight excluding hydrogens is 390 g/mol. The highest BCUT2D eigenvalue weighted by Crippen LogP contribution is 2.23. The molecular formula is C21H20BrN3O. The molecule has 1 amide bonds. The lowest BCUT2D eigenvalue weighted by Crippen LogP contribution is -2.12. The second-order valence-corrected chi connectivity index (χ2v) is 7.20. The number of aromatic nitrogens is 2. The summed E-state index contributed by atoms with van der Waals surface area (Å²) < 4.78 is 0.843. The van der Waals surface area contributed by atoms with Crippen LogP contribution in [0.2, 0.25) is 0 Å². The molecule has 132 valence electrons. The largest absolute Gasteiger partial charge is 0.322 e. The lowest BCUT2D eigenvalue weighted by molar-refractivity contribution is 0.102. The summed E-state index contributed by atoms with van der Waals surface area (Å²) >= 11 is 3.41. The number of hydrogen-bond donors (Lipinski definition) is 1. The molecule has 0 fully saturated rings. The Morgan fingerprint density at radius 2 is 1.96 bits per heavy atom. The normalized spacial score (nSPS) is 11.8. The van der Waals surface area contributed by atoms with Crippen molar-refractivity contribution in [1.29, 1.82) is 0 Å². The number of carbonyl (C=O) groups excluding carboxylic acids is 1. The average Bonchev–Trinajstić information content (AvgIpc) is 2.62. The Labute approximate surface area is 161 Å². The topological polar surface area (TPSA) is 54.9 Å². The smallest absolute Gasteiger partial charge is 0.257 e. The Morgan fingerprint density at radius 1 is 1.15 bits per heavy atom. The Hall–Kier alpha value is -2.53. The van der Waals surface area contributed by atoms with E-state index in [0.29, 0.717) is 5.56 Å². The summed E-state index contributed by atoms with van der Waals surface area (Å²) in [5, 5.41) is 2.95. The van der Waals surface area contributed by atoms with Crippen LogP contribution in [0.3, 0.4) is 0 Å². The fourth-order valence-electron chi connectivity index (χ4n) is 2.80. The summed E-state index contributed by atoms with van der Waals surface area (Å²) in [6.45, 7) is 4.08. The standard InChI is InChI=1S/C21H20BrN3O/c1-14-9-17(13-23-12-14)21(26)25-19-6-3-5-16(11-19)15(2)10-18-7-4-8-20(22)24-18/h3-9,11-13,15H,10H2,1-2H3,(H,25,26)/t15-/m1/s1. The lowest BCUT2D eigenvalue weighted by Gasteiger charge is -2.14. The number of rotatable bonds is 5. The maximum Gasteiger partial charge on any atom is 0.257 e. The van der Waals surface area contributed by atoms with E-state index in [0.717, 1.165) is 33.5 Å². The van der Waals surface area contributed by atoms with Crippen LogP contribution in [0.1, 0.15) is 40.0 Å². The minimum Gasteiger partial charge on any atom is -0.322 e. The molecule has 1 aromatic carbocycles. The Kier molecular flexibility index (Phi) is 5.78. The average molecular weight is 410 g/mol. The molecule has 1 N–H and O–H groups in total. The van der Waals surface area contributed by atoms with Crippen LogP contribution in [-0.4, -0.2) is 15.9 Å². The predicted octanol–water partition coefficient (Wildman–Crippen LogP) is 5.15. The number of nitrogens with one attached hydrogen (secondary N) is 1. The summed E-state index contributed by atoms with van der Waals surface area (Å²) in [5.74, 6) is 0.133. The molecule has 0 spiro atoms. The maximum absolute atomic E-state index is 12.4. The Bertz CT molecular complexity index is 926. The number of carbonyl (C=O) groups is 1. The molecule has 2 aromatic heterocycles. The van der Waals surface area contributed by atoms with E-state index in [1.54, 1.807) is 12.4 Å². The molecule has 0 saturated heterocycles. The van der Waals surface area contributed by atoms with Crippen molar-refractivity contribution in [2.45, 2.75) is 26.2 Å². The summed E-state index contributed by atoms with van der Waals surface area (Å²) in [6, 6.07) is 15.7. The van der Waals surface area contributed by atoms with Crippen LogP contribution in [0.15, 0.2) is 65.5 Å². The van der Waals surface area contributed by atoms with E-state index in [-0.39, 0.29) is 11.8 Å². The number of nitrogens with zero attached hydrogens (tertiary/aromatic N) is 2. The number of amides is 1. The van der Waals surface area contributed by atoms with Crippen LogP contribution in [0.25, 0.3) is 0 Å². The minimum atomic E-state index is -0.153. The van der Waals surface area contributed by atoms with Crippen molar-refractivity contribution in [3.05, 3.63) is 87.9 Å². The molecule has 4 nitrogen and oxygen atoms in total. The van der Waals surface area contributed by atoms with Gasteiger partial charge in [0.1, 0.15) is 4.60 Å². The van der Waals surface area contributed by atoms with Crippen molar-refractivity contribution in [3.63, 3.8) is 0 Å². The fourth-order valence-corrected chi connectivity index (χ4v) is 3.18. The van der Waals surface area contributed by atoms with Crippen LogP contribution in [0.5, 0.6) is 0 Å². The molecule has 26 heavy (non-hydrogen) atoms. The molecule has 0 aliphatic heterocycles. The molecule has 3 aromatic rings. The second kappa shape index (κ2) is 8.23. The van der Waals surface area contributed by atoms with Gasteiger partial charge in [-0.1, -0.05) is 25.1 Å². The summed E-state index contributed by atoms with van der Waals surface area (Å²) in [6.07, 6.45) is 4.14. The van der Waals surface area contributed by atoms with Gasteiger partial charge in [0, 0.05) is 23.8 Å². The molecule has 1 atom stereocenters. The van der Waals surface area contributed by atoms with Crippen LogP contribution >= 0.6 is 15.9 Å². The fraction of sp³-hybridized carbons (Fsp3) is 0.190. The van der Waals surface area contributed by atoms with Gasteiger partial charge in [-0.15, -0.1) is 0 Å². The van der Waals surface area contributed by atoms with Gasteiger partial charge in [0.2, 0.25) is 0 Å². The highest BCUT2D eigenvalue weighted by molar-refractivity contribution is 9.10. The van der Waals surface area contributed by atoms with Gasteiger partial charge in [-0.2, -0.15) is 0 Å². The lowest BCUT2D eigenvalue weighted by atomic mass is 9.95. The quantitative estimate of drug-likeness (QED) is 0.593. The number of hydrogen-bond acceptors (Lipinski definition) is 3. The number of benzene rings is 1. The third kappa shape index (κ3) is 4.76. The third-order valence-electron chi connectivity index (χ3n) is 4.14. The first-order valence-corrected chi connectivity index (χ1v) is 9.25. The van der Waals surface area contributed by atoms with Crippen molar-refractivity contribution >= 4 is 27.5 Å². The summed E-state index contributed by atoms with van der Waals surface area (Å²) in [4.78, 5) is 21.0. The van der Waals surface area contributed by atoms with Crippen LogP contribution < -0.4 is 5.32 Å². The highest BCUT2D eigenvalue weighted by atomic mass is 79.9. The van der Waals surface area contributed by atoms with E-state index < -0.39 is 0 Å². The van der Waals surface area contributed by atoms with Crippen molar-refractivity contribution in [3.8, 4) is 0 Å². The molecule has 0 aliphatic rings. The highest BCUT2D eigenvalue weighted by Gasteiger charge is 2.11. The Balaban J connectivity index is 1.72. The van der Waals surface area contributed by atoms with Crippen LogP contribution in [0.4, 0.5) is 5.69 Å². The van der Waals surface area contributed by atoms with Gasteiger partial charge in [0.05, 0.1) is 5.56 Å². The van der Waals surface area contributed by atoms with Gasteiger partial charge < -0.3 is 5.32 Å². The molecule has 0 aliphatic carbocycles. The summed E-state index contributed by atoms with van der Waals surface area (Å²) in [5.41, 5.74) is 4.49. The number of halogens is 1. The first-order valence-electron chi connectivity index (χ1n) is 8.45. The zero-order chi connectivity index (χ0) is 18.5. The number of pyridine rings is 2. The van der Waals surface area contributed by atoms with E-state index in [4.69, 9.17) is 0 Å².